The average Bonchev–Trinajstić information content (AvgIpc) is 2.69. The van der Waals surface area contributed by atoms with E-state index in [0.717, 1.165) is 23.3 Å². The van der Waals surface area contributed by atoms with Gasteiger partial charge in [-0.15, -0.1) is 0 Å². The molecule has 0 fully saturated rings. The van der Waals surface area contributed by atoms with E-state index in [1.54, 1.807) is 0 Å². The lowest BCUT2D eigenvalue weighted by Crippen LogP contribution is -2.11. The van der Waals surface area contributed by atoms with Gasteiger partial charge in [0.25, 0.3) is 0 Å². The molecule has 0 aromatic heterocycles. The number of ether oxygens (including phenoxy) is 1. The summed E-state index contributed by atoms with van der Waals surface area (Å²) < 4.78 is 6.39. The average molecular weight is 324 g/mol. The third-order valence-electron chi connectivity index (χ3n) is 4.57. The van der Waals surface area contributed by atoms with E-state index >= 15 is 0 Å². The molecule has 25 heavy (non-hydrogen) atoms. The van der Waals surface area contributed by atoms with Crippen LogP contribution in [0.4, 0.5) is 0 Å². The highest BCUT2D eigenvalue weighted by atomic mass is 16.5. The van der Waals surface area contributed by atoms with E-state index < -0.39 is 0 Å². The minimum atomic E-state index is -0.0240. The normalized spacial score (nSPS) is 15.7. The van der Waals surface area contributed by atoms with E-state index in [0.29, 0.717) is 0 Å². The van der Waals surface area contributed by atoms with Crippen molar-refractivity contribution in [1.82, 2.24) is 0 Å². The summed E-state index contributed by atoms with van der Waals surface area (Å²) in [5.41, 5.74) is 5.80. The first-order valence-electron chi connectivity index (χ1n) is 8.57. The molecule has 1 aliphatic rings. The van der Waals surface area contributed by atoms with Crippen LogP contribution in [-0.2, 0) is 4.74 Å². The fraction of sp³-hybridized carbons (Fsp3) is 0.0833. The Balaban J connectivity index is 1.66. The number of hydrogen-bond acceptors (Lipinski definition) is 1. The minimum Gasteiger partial charge on any atom is -0.485 e. The molecule has 0 bridgehead atoms. The molecule has 0 amide bonds. The lowest BCUT2D eigenvalue weighted by molar-refractivity contribution is 0.172. The zero-order valence-electron chi connectivity index (χ0n) is 14.1. The van der Waals surface area contributed by atoms with E-state index in [1.807, 2.05) is 36.4 Å². The Morgan fingerprint density at radius 2 is 1.44 bits per heavy atom. The smallest absolute Gasteiger partial charge is 0.128 e. The van der Waals surface area contributed by atoms with Gasteiger partial charge in [0, 0.05) is 17.5 Å². The largest absolute Gasteiger partial charge is 0.485 e. The summed E-state index contributed by atoms with van der Waals surface area (Å²) in [7, 11) is 0. The fourth-order valence-electron chi connectivity index (χ4n) is 3.25. The number of hydrogen-bond donors (Lipinski definition) is 0. The van der Waals surface area contributed by atoms with E-state index in [2.05, 4.69) is 61.2 Å². The summed E-state index contributed by atoms with van der Waals surface area (Å²) in [5, 5.41) is 0. The Hall–Kier alpha value is -3.06. The zero-order chi connectivity index (χ0) is 17.1. The van der Waals surface area contributed by atoms with Gasteiger partial charge in [-0.1, -0.05) is 91.5 Å². The predicted molar refractivity (Wildman–Crippen MR) is 105 cm³/mol. The summed E-state index contributed by atoms with van der Waals surface area (Å²) in [4.78, 5) is 0. The molecule has 1 atom stereocenters. The zero-order valence-corrected chi connectivity index (χ0v) is 14.1. The molecular weight excluding hydrogens is 304 g/mol. The van der Waals surface area contributed by atoms with Crippen LogP contribution in [0.5, 0.6) is 0 Å². The molecule has 0 spiro atoms. The van der Waals surface area contributed by atoms with Crippen LogP contribution >= 0.6 is 0 Å². The monoisotopic (exact) mass is 324 g/mol. The molecule has 122 valence electrons. The topological polar surface area (TPSA) is 9.23 Å². The van der Waals surface area contributed by atoms with E-state index in [1.165, 1.54) is 16.7 Å². The molecule has 0 saturated carbocycles. The second-order valence-electron chi connectivity index (χ2n) is 6.28. The van der Waals surface area contributed by atoms with Crippen LogP contribution in [0.15, 0.2) is 91.5 Å². The highest BCUT2D eigenvalue weighted by molar-refractivity contribution is 5.80. The molecule has 0 N–H and O–H groups in total. The van der Waals surface area contributed by atoms with E-state index in [-0.39, 0.29) is 6.10 Å². The van der Waals surface area contributed by atoms with Gasteiger partial charge in [-0.3, -0.25) is 0 Å². The quantitative estimate of drug-likeness (QED) is 0.542. The molecule has 0 radical (unpaired) electrons. The van der Waals surface area contributed by atoms with Gasteiger partial charge in [-0.25, -0.2) is 0 Å². The fourth-order valence-corrected chi connectivity index (χ4v) is 3.25. The van der Waals surface area contributed by atoms with Crippen LogP contribution in [0, 0.1) is 0 Å². The maximum atomic E-state index is 6.39. The van der Waals surface area contributed by atoms with Crippen molar-refractivity contribution in [3.63, 3.8) is 0 Å². The first-order valence-corrected chi connectivity index (χ1v) is 8.57. The minimum absolute atomic E-state index is 0.0240. The Bertz CT molecular complexity index is 907. The Morgan fingerprint density at radius 3 is 2.20 bits per heavy atom. The summed E-state index contributed by atoms with van der Waals surface area (Å²) in [5.74, 6) is 0.921. The van der Waals surface area contributed by atoms with Crippen molar-refractivity contribution in [2.75, 3.05) is 0 Å². The SMILES string of the molecule is C=C(C[C@@H]1OC(c2ccccc2)=Cc2ccccc21)c1ccccc1. The van der Waals surface area contributed by atoms with Gasteiger partial charge in [0.05, 0.1) is 0 Å². The van der Waals surface area contributed by atoms with Gasteiger partial charge in [-0.05, 0) is 22.8 Å². The molecule has 0 unspecified atom stereocenters. The predicted octanol–water partition coefficient (Wildman–Crippen LogP) is 6.36. The second kappa shape index (κ2) is 6.82. The lowest BCUT2D eigenvalue weighted by atomic mass is 9.92. The maximum absolute atomic E-state index is 6.39. The standard InChI is InChI=1S/C24H20O/c1-18(19-10-4-2-5-11-19)16-24-22-15-9-8-14-21(22)17-23(25-24)20-12-6-3-7-13-20/h2-15,17,24H,1,16H2/t24-/m0/s1. The Morgan fingerprint density at radius 1 is 0.800 bits per heavy atom. The van der Waals surface area contributed by atoms with Crippen molar-refractivity contribution >= 4 is 17.4 Å². The van der Waals surface area contributed by atoms with Gasteiger partial charge in [0.15, 0.2) is 0 Å². The van der Waals surface area contributed by atoms with Gasteiger partial charge in [-0.2, -0.15) is 0 Å². The molecule has 1 heteroatoms. The number of rotatable bonds is 4. The van der Waals surface area contributed by atoms with Gasteiger partial charge in [0.1, 0.15) is 11.9 Å². The van der Waals surface area contributed by atoms with Crippen molar-refractivity contribution in [2.24, 2.45) is 0 Å². The Labute approximate surface area is 148 Å². The molecular formula is C24H20O. The van der Waals surface area contributed by atoms with Crippen molar-refractivity contribution in [3.8, 4) is 0 Å². The summed E-state index contributed by atoms with van der Waals surface area (Å²) >= 11 is 0. The lowest BCUT2D eigenvalue weighted by Gasteiger charge is -2.28. The molecule has 1 nitrogen and oxygen atoms in total. The van der Waals surface area contributed by atoms with Crippen molar-refractivity contribution in [2.45, 2.75) is 12.5 Å². The van der Waals surface area contributed by atoms with Crippen molar-refractivity contribution < 1.29 is 4.74 Å². The van der Waals surface area contributed by atoms with Gasteiger partial charge >= 0.3 is 0 Å². The molecule has 3 aromatic carbocycles. The summed E-state index contributed by atoms with van der Waals surface area (Å²) in [6.07, 6.45) is 2.88. The second-order valence-corrected chi connectivity index (χ2v) is 6.28. The number of benzene rings is 3. The first kappa shape index (κ1) is 15.5. The van der Waals surface area contributed by atoms with Crippen LogP contribution in [0.1, 0.15) is 34.8 Å². The van der Waals surface area contributed by atoms with Crippen LogP contribution in [0.2, 0.25) is 0 Å². The van der Waals surface area contributed by atoms with Crippen LogP contribution in [-0.4, -0.2) is 0 Å². The van der Waals surface area contributed by atoms with Crippen LogP contribution in [0.3, 0.4) is 0 Å². The van der Waals surface area contributed by atoms with Crippen LogP contribution < -0.4 is 0 Å². The van der Waals surface area contributed by atoms with Crippen LogP contribution in [0.25, 0.3) is 17.4 Å². The molecule has 4 rings (SSSR count). The van der Waals surface area contributed by atoms with Crippen molar-refractivity contribution in [1.29, 1.82) is 0 Å². The van der Waals surface area contributed by atoms with E-state index in [9.17, 15) is 0 Å². The highest BCUT2D eigenvalue weighted by Gasteiger charge is 2.24. The summed E-state index contributed by atoms with van der Waals surface area (Å²) in [6, 6.07) is 29.0. The highest BCUT2D eigenvalue weighted by Crippen LogP contribution is 2.39. The molecule has 0 saturated heterocycles. The van der Waals surface area contributed by atoms with Gasteiger partial charge in [0.2, 0.25) is 0 Å². The summed E-state index contributed by atoms with van der Waals surface area (Å²) in [6.45, 7) is 4.29. The number of fused-ring (bicyclic) bond motifs is 1. The first-order chi connectivity index (χ1) is 12.3. The van der Waals surface area contributed by atoms with Crippen molar-refractivity contribution in [3.05, 3.63) is 114 Å². The third kappa shape index (κ3) is 3.27. The molecule has 1 aliphatic heterocycles. The maximum Gasteiger partial charge on any atom is 0.128 e. The van der Waals surface area contributed by atoms with Gasteiger partial charge < -0.3 is 4.74 Å². The van der Waals surface area contributed by atoms with E-state index in [4.69, 9.17) is 4.74 Å². The molecule has 0 aliphatic carbocycles. The Kier molecular flexibility index (Phi) is 4.22. The third-order valence-corrected chi connectivity index (χ3v) is 4.57. The molecule has 3 aromatic rings. The molecule has 1 heterocycles.